The van der Waals surface area contributed by atoms with Crippen molar-refractivity contribution in [2.24, 2.45) is 0 Å². The fourth-order valence-electron chi connectivity index (χ4n) is 2.25. The minimum absolute atomic E-state index is 0.0560. The SMILES string of the molecule is CCOC(=O)CN1C(=O)CSC1c1ccc(OC)cc1OC. The fourth-order valence-corrected chi connectivity index (χ4v) is 3.46. The third-order valence-electron chi connectivity index (χ3n) is 3.28. The van der Waals surface area contributed by atoms with Gasteiger partial charge in [0, 0.05) is 11.6 Å². The van der Waals surface area contributed by atoms with E-state index in [1.165, 1.54) is 16.7 Å². The summed E-state index contributed by atoms with van der Waals surface area (Å²) in [4.78, 5) is 25.3. The van der Waals surface area contributed by atoms with Gasteiger partial charge in [0.2, 0.25) is 5.91 Å². The van der Waals surface area contributed by atoms with Gasteiger partial charge in [-0.3, -0.25) is 9.59 Å². The normalized spacial score (nSPS) is 17.5. The molecule has 1 unspecified atom stereocenters. The minimum atomic E-state index is -0.407. The zero-order chi connectivity index (χ0) is 16.1. The van der Waals surface area contributed by atoms with Crippen molar-refractivity contribution < 1.29 is 23.8 Å². The highest BCUT2D eigenvalue weighted by atomic mass is 32.2. The van der Waals surface area contributed by atoms with Crippen LogP contribution in [-0.2, 0) is 14.3 Å². The Morgan fingerprint density at radius 1 is 1.36 bits per heavy atom. The summed E-state index contributed by atoms with van der Waals surface area (Å²) in [6.07, 6.45) is 0. The first kappa shape index (κ1) is 16.5. The molecule has 1 fully saturated rings. The van der Waals surface area contributed by atoms with E-state index < -0.39 is 5.97 Å². The number of esters is 1. The first-order valence-electron chi connectivity index (χ1n) is 6.89. The molecule has 0 spiro atoms. The monoisotopic (exact) mass is 325 g/mol. The third-order valence-corrected chi connectivity index (χ3v) is 4.52. The standard InChI is InChI=1S/C15H19NO5S/c1-4-21-14(18)8-16-13(17)9-22-15(16)11-6-5-10(19-2)7-12(11)20-3/h5-7,15H,4,8-9H2,1-3H3. The van der Waals surface area contributed by atoms with Gasteiger partial charge in [-0.2, -0.15) is 0 Å². The van der Waals surface area contributed by atoms with Gasteiger partial charge in [0.15, 0.2) is 0 Å². The fraction of sp³-hybridized carbons (Fsp3) is 0.467. The molecule has 0 radical (unpaired) electrons. The molecule has 6 nitrogen and oxygen atoms in total. The largest absolute Gasteiger partial charge is 0.497 e. The molecule has 1 aliphatic heterocycles. The number of nitrogens with zero attached hydrogens (tertiary/aromatic N) is 1. The van der Waals surface area contributed by atoms with Crippen molar-refractivity contribution in [1.29, 1.82) is 0 Å². The molecule has 1 amide bonds. The Kier molecular flexibility index (Phi) is 5.54. The van der Waals surface area contributed by atoms with Crippen LogP contribution in [0.4, 0.5) is 0 Å². The Labute approximate surface area is 133 Å². The summed E-state index contributed by atoms with van der Waals surface area (Å²) in [7, 11) is 3.14. The van der Waals surface area contributed by atoms with E-state index >= 15 is 0 Å². The molecule has 7 heteroatoms. The number of ether oxygens (including phenoxy) is 3. The summed E-state index contributed by atoms with van der Waals surface area (Å²) in [5.74, 6) is 1.14. The maximum Gasteiger partial charge on any atom is 0.325 e. The zero-order valence-electron chi connectivity index (χ0n) is 12.8. The van der Waals surface area contributed by atoms with E-state index in [1.54, 1.807) is 27.2 Å². The highest BCUT2D eigenvalue weighted by Crippen LogP contribution is 2.43. The molecule has 22 heavy (non-hydrogen) atoms. The average Bonchev–Trinajstić information content (AvgIpc) is 2.87. The van der Waals surface area contributed by atoms with Crippen molar-refractivity contribution in [2.45, 2.75) is 12.3 Å². The summed E-state index contributed by atoms with van der Waals surface area (Å²) in [5.41, 5.74) is 0.837. The van der Waals surface area contributed by atoms with Crippen LogP contribution in [-0.4, -0.2) is 49.9 Å². The van der Waals surface area contributed by atoms with Gasteiger partial charge in [0.1, 0.15) is 23.4 Å². The van der Waals surface area contributed by atoms with Gasteiger partial charge < -0.3 is 19.1 Å². The molecule has 1 aliphatic rings. The Morgan fingerprint density at radius 3 is 2.77 bits per heavy atom. The van der Waals surface area contributed by atoms with Gasteiger partial charge in [-0.25, -0.2) is 0 Å². The molecule has 2 rings (SSSR count). The number of carbonyl (C=O) groups excluding carboxylic acids is 2. The Bertz CT molecular complexity index is 563. The van der Waals surface area contributed by atoms with Gasteiger partial charge in [-0.1, -0.05) is 0 Å². The molecule has 1 aromatic rings. The van der Waals surface area contributed by atoms with Crippen LogP contribution in [0, 0.1) is 0 Å². The summed E-state index contributed by atoms with van der Waals surface area (Å²) in [5, 5.41) is -0.266. The predicted octanol–water partition coefficient (Wildman–Crippen LogP) is 1.84. The second-order valence-electron chi connectivity index (χ2n) is 4.60. The molecule has 120 valence electrons. The average molecular weight is 325 g/mol. The molecule has 0 bridgehead atoms. The second-order valence-corrected chi connectivity index (χ2v) is 5.67. The Hall–Kier alpha value is -1.89. The lowest BCUT2D eigenvalue weighted by Crippen LogP contribution is -2.34. The highest BCUT2D eigenvalue weighted by molar-refractivity contribution is 8.00. The molecule has 1 aromatic carbocycles. The van der Waals surface area contributed by atoms with Crippen LogP contribution < -0.4 is 9.47 Å². The molecule has 0 aliphatic carbocycles. The molecule has 0 aromatic heterocycles. The lowest BCUT2D eigenvalue weighted by Gasteiger charge is -2.24. The smallest absolute Gasteiger partial charge is 0.325 e. The van der Waals surface area contributed by atoms with Gasteiger partial charge in [-0.15, -0.1) is 11.8 Å². The lowest BCUT2D eigenvalue weighted by atomic mass is 10.1. The molecule has 1 heterocycles. The second kappa shape index (κ2) is 7.40. The van der Waals surface area contributed by atoms with E-state index in [0.717, 1.165) is 5.56 Å². The lowest BCUT2D eigenvalue weighted by molar-refractivity contribution is -0.148. The number of rotatable bonds is 6. The van der Waals surface area contributed by atoms with E-state index in [2.05, 4.69) is 0 Å². The van der Waals surface area contributed by atoms with Crippen LogP contribution in [0.25, 0.3) is 0 Å². The molecule has 0 N–H and O–H groups in total. The first-order valence-corrected chi connectivity index (χ1v) is 7.94. The van der Waals surface area contributed by atoms with E-state index in [0.29, 0.717) is 23.9 Å². The topological polar surface area (TPSA) is 65.1 Å². The van der Waals surface area contributed by atoms with Gasteiger partial charge in [-0.05, 0) is 19.1 Å². The first-order chi connectivity index (χ1) is 10.6. The van der Waals surface area contributed by atoms with Gasteiger partial charge >= 0.3 is 5.97 Å². The summed E-state index contributed by atoms with van der Waals surface area (Å²) < 4.78 is 15.5. The zero-order valence-corrected chi connectivity index (χ0v) is 13.6. The van der Waals surface area contributed by atoms with Crippen molar-refractivity contribution in [2.75, 3.05) is 33.1 Å². The Balaban J connectivity index is 2.26. The summed E-state index contributed by atoms with van der Waals surface area (Å²) in [6, 6.07) is 5.43. The summed E-state index contributed by atoms with van der Waals surface area (Å²) in [6.45, 7) is 1.98. The molecular weight excluding hydrogens is 306 g/mol. The van der Waals surface area contributed by atoms with Crippen molar-refractivity contribution in [3.8, 4) is 11.5 Å². The maximum atomic E-state index is 12.1. The number of methoxy groups -OCH3 is 2. The van der Waals surface area contributed by atoms with Gasteiger partial charge in [0.25, 0.3) is 0 Å². The van der Waals surface area contributed by atoms with Crippen molar-refractivity contribution in [3.05, 3.63) is 23.8 Å². The van der Waals surface area contributed by atoms with E-state index in [1.807, 2.05) is 12.1 Å². The van der Waals surface area contributed by atoms with Crippen LogP contribution in [0.15, 0.2) is 18.2 Å². The number of hydrogen-bond acceptors (Lipinski definition) is 6. The number of carbonyl (C=O) groups is 2. The maximum absolute atomic E-state index is 12.1. The van der Waals surface area contributed by atoms with Crippen LogP contribution in [0.3, 0.4) is 0 Å². The summed E-state index contributed by atoms with van der Waals surface area (Å²) >= 11 is 1.46. The quantitative estimate of drug-likeness (QED) is 0.744. The Morgan fingerprint density at radius 2 is 2.14 bits per heavy atom. The third kappa shape index (κ3) is 3.47. The van der Waals surface area contributed by atoms with E-state index in [-0.39, 0.29) is 17.8 Å². The van der Waals surface area contributed by atoms with Gasteiger partial charge in [0.05, 0.1) is 26.6 Å². The molecule has 1 atom stereocenters. The molecule has 1 saturated heterocycles. The molecule has 0 saturated carbocycles. The number of benzene rings is 1. The number of thioether (sulfide) groups is 1. The minimum Gasteiger partial charge on any atom is -0.497 e. The van der Waals surface area contributed by atoms with Crippen LogP contribution in [0.2, 0.25) is 0 Å². The van der Waals surface area contributed by atoms with Crippen molar-refractivity contribution in [1.82, 2.24) is 4.90 Å². The van der Waals surface area contributed by atoms with Crippen molar-refractivity contribution >= 4 is 23.6 Å². The van der Waals surface area contributed by atoms with Crippen LogP contribution in [0.5, 0.6) is 11.5 Å². The predicted molar refractivity (Wildman–Crippen MR) is 83.1 cm³/mol. The number of amides is 1. The molecular formula is C15H19NO5S. The highest BCUT2D eigenvalue weighted by Gasteiger charge is 2.36. The van der Waals surface area contributed by atoms with E-state index in [9.17, 15) is 9.59 Å². The van der Waals surface area contributed by atoms with Crippen molar-refractivity contribution in [3.63, 3.8) is 0 Å². The van der Waals surface area contributed by atoms with E-state index in [4.69, 9.17) is 14.2 Å². The number of hydrogen-bond donors (Lipinski definition) is 0. The van der Waals surface area contributed by atoms with Crippen LogP contribution >= 0.6 is 11.8 Å². The van der Waals surface area contributed by atoms with Crippen LogP contribution in [0.1, 0.15) is 17.9 Å².